The molecule has 0 amide bonds. The normalized spacial score (nSPS) is 12.2. The second-order valence-corrected chi connectivity index (χ2v) is 22.7. The van der Waals surface area contributed by atoms with Gasteiger partial charge in [0.2, 0.25) is 0 Å². The number of allylic oxidation sites excluding steroid dienone is 6. The van der Waals surface area contributed by atoms with Gasteiger partial charge in [0.25, 0.3) is 0 Å². The van der Waals surface area contributed by atoms with E-state index < -0.39 is 6.10 Å². The van der Waals surface area contributed by atoms with Crippen LogP contribution in [0.2, 0.25) is 0 Å². The topological polar surface area (TPSA) is 78.9 Å². The smallest absolute Gasteiger partial charge is 0.306 e. The van der Waals surface area contributed by atoms with Crippen molar-refractivity contribution in [3.05, 3.63) is 36.5 Å². The summed E-state index contributed by atoms with van der Waals surface area (Å²) < 4.78 is 16.9. The molecule has 0 aliphatic carbocycles. The van der Waals surface area contributed by atoms with Crippen molar-refractivity contribution in [3.63, 3.8) is 0 Å². The number of carbonyl (C=O) groups excluding carboxylic acids is 3. The van der Waals surface area contributed by atoms with Crippen LogP contribution in [0.25, 0.3) is 0 Å². The highest BCUT2D eigenvalue weighted by Gasteiger charge is 2.19. The standard InChI is InChI=1S/C69H128O6/c1-4-7-10-13-16-19-22-25-28-31-33-34-36-39-42-45-48-51-54-57-60-63-69(72)75-66(64-73-67(70)61-58-55-52-49-46-43-40-37-30-27-24-21-18-15-12-9-6-3)65-74-68(71)62-59-56-53-50-47-44-41-38-35-32-29-26-23-20-17-14-11-8-5-2/h27,30,40,43,49,52,66H,4-26,28-29,31-39,41-42,44-48,50-51,53-65H2,1-3H3/b30-27-,43-40-,52-49-/t66-/m1/s1. The molecule has 6 nitrogen and oxygen atoms in total. The third-order valence-electron chi connectivity index (χ3n) is 15.1. The molecule has 0 aliphatic heterocycles. The molecule has 75 heavy (non-hydrogen) atoms. The van der Waals surface area contributed by atoms with Crippen LogP contribution in [0, 0.1) is 0 Å². The summed E-state index contributed by atoms with van der Waals surface area (Å²) in [5.74, 6) is -0.908. The van der Waals surface area contributed by atoms with Crippen molar-refractivity contribution >= 4 is 17.9 Å². The Labute approximate surface area is 467 Å². The zero-order chi connectivity index (χ0) is 54.3. The van der Waals surface area contributed by atoms with Crippen LogP contribution >= 0.6 is 0 Å². The first-order chi connectivity index (χ1) is 37.0. The highest BCUT2D eigenvalue weighted by atomic mass is 16.6. The highest BCUT2D eigenvalue weighted by molar-refractivity contribution is 5.71. The highest BCUT2D eigenvalue weighted by Crippen LogP contribution is 2.18. The van der Waals surface area contributed by atoms with Crippen molar-refractivity contribution in [1.29, 1.82) is 0 Å². The van der Waals surface area contributed by atoms with E-state index in [0.29, 0.717) is 25.7 Å². The summed E-state index contributed by atoms with van der Waals surface area (Å²) in [6, 6.07) is 0. The van der Waals surface area contributed by atoms with E-state index in [-0.39, 0.29) is 31.1 Å². The Balaban J connectivity index is 4.36. The Morgan fingerprint density at radius 3 is 0.800 bits per heavy atom. The predicted octanol–water partition coefficient (Wildman–Crippen LogP) is 22.8. The summed E-state index contributed by atoms with van der Waals surface area (Å²) in [5, 5.41) is 0. The first kappa shape index (κ1) is 72.6. The minimum Gasteiger partial charge on any atom is -0.462 e. The van der Waals surface area contributed by atoms with E-state index in [9.17, 15) is 14.4 Å². The maximum absolute atomic E-state index is 12.9. The minimum atomic E-state index is -0.789. The second kappa shape index (κ2) is 64.2. The van der Waals surface area contributed by atoms with Gasteiger partial charge >= 0.3 is 17.9 Å². The molecule has 0 spiro atoms. The lowest BCUT2D eigenvalue weighted by molar-refractivity contribution is -0.167. The molecule has 0 radical (unpaired) electrons. The van der Waals surface area contributed by atoms with Crippen LogP contribution in [-0.2, 0) is 28.6 Å². The summed E-state index contributed by atoms with van der Waals surface area (Å²) in [6.45, 7) is 6.67. The Bertz CT molecular complexity index is 1250. The lowest BCUT2D eigenvalue weighted by atomic mass is 10.0. The molecule has 0 fully saturated rings. The largest absolute Gasteiger partial charge is 0.462 e. The van der Waals surface area contributed by atoms with Gasteiger partial charge in [0.1, 0.15) is 13.2 Å². The number of carbonyl (C=O) groups is 3. The van der Waals surface area contributed by atoms with Crippen molar-refractivity contribution in [2.75, 3.05) is 13.2 Å². The van der Waals surface area contributed by atoms with Crippen molar-refractivity contribution < 1.29 is 28.6 Å². The predicted molar refractivity (Wildman–Crippen MR) is 326 cm³/mol. The van der Waals surface area contributed by atoms with Gasteiger partial charge in [-0.3, -0.25) is 14.4 Å². The summed E-state index contributed by atoms with van der Waals surface area (Å²) in [6.07, 6.45) is 78.8. The quantitative estimate of drug-likeness (QED) is 0.0261. The molecular formula is C69H128O6. The van der Waals surface area contributed by atoms with Crippen LogP contribution < -0.4 is 0 Å². The average molecular weight is 1050 g/mol. The molecule has 1 atom stereocenters. The molecule has 0 heterocycles. The van der Waals surface area contributed by atoms with Crippen molar-refractivity contribution in [1.82, 2.24) is 0 Å². The number of esters is 3. The molecule has 440 valence electrons. The zero-order valence-electron chi connectivity index (χ0n) is 50.6. The third-order valence-corrected chi connectivity index (χ3v) is 15.1. The summed E-state index contributed by atoms with van der Waals surface area (Å²) in [7, 11) is 0. The van der Waals surface area contributed by atoms with E-state index in [0.717, 1.165) is 57.8 Å². The fraction of sp³-hybridized carbons (Fsp3) is 0.870. The Morgan fingerprint density at radius 1 is 0.267 bits per heavy atom. The average Bonchev–Trinajstić information content (AvgIpc) is 3.41. The molecule has 0 rings (SSSR count). The summed E-state index contributed by atoms with van der Waals surface area (Å²) in [4.78, 5) is 38.3. The van der Waals surface area contributed by atoms with Gasteiger partial charge in [0, 0.05) is 19.3 Å². The number of ether oxygens (including phenoxy) is 3. The second-order valence-electron chi connectivity index (χ2n) is 22.7. The van der Waals surface area contributed by atoms with Crippen molar-refractivity contribution in [3.8, 4) is 0 Å². The summed E-state index contributed by atoms with van der Waals surface area (Å²) in [5.41, 5.74) is 0. The molecular weight excluding hydrogens is 925 g/mol. The molecule has 6 heteroatoms. The number of hydrogen-bond acceptors (Lipinski definition) is 6. The molecule has 0 unspecified atom stereocenters. The van der Waals surface area contributed by atoms with Gasteiger partial charge in [-0.05, 0) is 51.4 Å². The monoisotopic (exact) mass is 1050 g/mol. The van der Waals surface area contributed by atoms with Gasteiger partial charge in [-0.15, -0.1) is 0 Å². The van der Waals surface area contributed by atoms with Crippen LogP contribution in [0.4, 0.5) is 0 Å². The number of hydrogen-bond donors (Lipinski definition) is 0. The first-order valence-corrected chi connectivity index (χ1v) is 33.5. The van der Waals surface area contributed by atoms with Crippen LogP contribution in [0.5, 0.6) is 0 Å². The molecule has 0 saturated heterocycles. The molecule has 0 saturated carbocycles. The van der Waals surface area contributed by atoms with E-state index in [4.69, 9.17) is 14.2 Å². The van der Waals surface area contributed by atoms with Gasteiger partial charge in [0.05, 0.1) is 0 Å². The molecule has 0 aromatic heterocycles. The van der Waals surface area contributed by atoms with E-state index in [1.807, 2.05) is 0 Å². The van der Waals surface area contributed by atoms with E-state index in [1.165, 1.54) is 263 Å². The van der Waals surface area contributed by atoms with Gasteiger partial charge in [-0.25, -0.2) is 0 Å². The SMILES string of the molecule is CCCCCCCC/C=C\C/C=C\C/C=C\CCCC(=O)OC[C@H](COC(=O)CCCCCCCCCCCCCCCCCCCCC)OC(=O)CCCCCCCCCCCCCCCCCCCCCCC. The first-order valence-electron chi connectivity index (χ1n) is 33.5. The van der Waals surface area contributed by atoms with E-state index in [2.05, 4.69) is 57.2 Å². The third kappa shape index (κ3) is 62.4. The Kier molecular flexibility index (Phi) is 62.1. The van der Waals surface area contributed by atoms with Gasteiger partial charge < -0.3 is 14.2 Å². The van der Waals surface area contributed by atoms with Gasteiger partial charge in [-0.2, -0.15) is 0 Å². The van der Waals surface area contributed by atoms with Gasteiger partial charge in [0.15, 0.2) is 6.10 Å². The number of unbranched alkanes of at least 4 members (excludes halogenated alkanes) is 45. The molecule has 0 aromatic rings. The van der Waals surface area contributed by atoms with Crippen LogP contribution in [0.15, 0.2) is 36.5 Å². The Hall–Kier alpha value is -2.37. The number of rotatable bonds is 62. The fourth-order valence-corrected chi connectivity index (χ4v) is 10.1. The molecule has 0 N–H and O–H groups in total. The maximum atomic E-state index is 12.9. The van der Waals surface area contributed by atoms with E-state index >= 15 is 0 Å². The molecule has 0 bridgehead atoms. The summed E-state index contributed by atoms with van der Waals surface area (Å²) >= 11 is 0. The van der Waals surface area contributed by atoms with Crippen LogP contribution in [0.3, 0.4) is 0 Å². The molecule has 0 aliphatic rings. The molecule has 0 aromatic carbocycles. The van der Waals surface area contributed by atoms with Gasteiger partial charge in [-0.1, -0.05) is 333 Å². The Morgan fingerprint density at radius 2 is 0.493 bits per heavy atom. The zero-order valence-corrected chi connectivity index (χ0v) is 50.6. The maximum Gasteiger partial charge on any atom is 0.306 e. The van der Waals surface area contributed by atoms with Crippen molar-refractivity contribution in [2.45, 2.75) is 374 Å². The van der Waals surface area contributed by atoms with E-state index in [1.54, 1.807) is 0 Å². The van der Waals surface area contributed by atoms with Crippen molar-refractivity contribution in [2.24, 2.45) is 0 Å². The fourth-order valence-electron chi connectivity index (χ4n) is 10.1. The van der Waals surface area contributed by atoms with Crippen LogP contribution in [-0.4, -0.2) is 37.2 Å². The van der Waals surface area contributed by atoms with Crippen LogP contribution in [0.1, 0.15) is 367 Å². The lowest BCUT2D eigenvalue weighted by Gasteiger charge is -2.18. The lowest BCUT2D eigenvalue weighted by Crippen LogP contribution is -2.30. The minimum absolute atomic E-state index is 0.0819.